The van der Waals surface area contributed by atoms with Crippen LogP contribution in [-0.2, 0) is 20.1 Å². The number of nitrogens with zero attached hydrogens (tertiary/aromatic N) is 4. The summed E-state index contributed by atoms with van der Waals surface area (Å²) in [7, 11) is 1.67. The topological polar surface area (TPSA) is 109 Å². The van der Waals surface area contributed by atoms with Gasteiger partial charge in [0.15, 0.2) is 0 Å². The van der Waals surface area contributed by atoms with Crippen molar-refractivity contribution < 1.29 is 4.79 Å². The van der Waals surface area contributed by atoms with Crippen LogP contribution in [0.1, 0.15) is 22.3 Å². The largest absolute Gasteiger partial charge is 0.365 e. The first-order valence-electron chi connectivity index (χ1n) is 10.6. The summed E-state index contributed by atoms with van der Waals surface area (Å²) >= 11 is 5.39. The molecule has 2 aromatic heterocycles. The van der Waals surface area contributed by atoms with Gasteiger partial charge >= 0.3 is 5.69 Å². The van der Waals surface area contributed by atoms with Crippen molar-refractivity contribution in [2.24, 2.45) is 12.8 Å². The quantitative estimate of drug-likeness (QED) is 0.573. The molecule has 10 heteroatoms. The summed E-state index contributed by atoms with van der Waals surface area (Å²) in [5.74, 6) is 0.163. The predicted molar refractivity (Wildman–Crippen MR) is 125 cm³/mol. The van der Waals surface area contributed by atoms with E-state index in [-0.39, 0.29) is 16.8 Å². The maximum absolute atomic E-state index is 12.6. The molecule has 4 heterocycles. The molecule has 2 aliphatic rings. The van der Waals surface area contributed by atoms with E-state index in [1.807, 2.05) is 18.2 Å². The van der Waals surface area contributed by atoms with E-state index in [0.717, 1.165) is 54.9 Å². The lowest BCUT2D eigenvalue weighted by atomic mass is 10.0. The highest BCUT2D eigenvalue weighted by molar-refractivity contribution is 7.71. The number of H-pyrrole nitrogens is 1. The number of pyridine rings is 1. The highest BCUT2D eigenvalue weighted by Crippen LogP contribution is 2.27. The minimum absolute atomic E-state index is 0.0380. The maximum atomic E-state index is 12.6. The van der Waals surface area contributed by atoms with Gasteiger partial charge in [-0.05, 0) is 36.2 Å². The van der Waals surface area contributed by atoms with Crippen LogP contribution in [0.5, 0.6) is 0 Å². The van der Waals surface area contributed by atoms with Crippen LogP contribution in [0.15, 0.2) is 39.9 Å². The van der Waals surface area contributed by atoms with Crippen LogP contribution in [0, 0.1) is 4.64 Å². The van der Waals surface area contributed by atoms with Crippen molar-refractivity contribution in [2.45, 2.75) is 25.6 Å². The van der Waals surface area contributed by atoms with Gasteiger partial charge in [-0.3, -0.25) is 23.6 Å². The molecular formula is C22H24N6O3S. The van der Waals surface area contributed by atoms with Crippen molar-refractivity contribution in [1.82, 2.24) is 19.0 Å². The number of hydrogen-bond donors (Lipinski definition) is 2. The number of piperazine rings is 1. The van der Waals surface area contributed by atoms with E-state index < -0.39 is 5.91 Å². The van der Waals surface area contributed by atoms with Gasteiger partial charge in [-0.1, -0.05) is 18.3 Å². The third-order valence-electron chi connectivity index (χ3n) is 6.54. The molecule has 166 valence electrons. The normalized spacial score (nSPS) is 18.4. The lowest BCUT2D eigenvalue weighted by Crippen LogP contribution is -2.56. The fraction of sp³-hybridized carbons (Fsp3) is 0.364. The van der Waals surface area contributed by atoms with Crippen molar-refractivity contribution in [2.75, 3.05) is 24.5 Å². The minimum atomic E-state index is -0.689. The standard InChI is InChI=1S/C22H24N6O3S/c1-25-21(32)15-3-2-13(10-17(15)24-22(25)31)11-26-8-9-27-14(12-26)6-7-28-18(27)5-4-16(19(23)29)20(28)30/h2-5,10,14H,6-9,11-12H2,1H3,(H2,23,29)(H,24,31). The number of carbonyl (C=O) groups excluding carboxylic acids is 1. The number of amides is 1. The van der Waals surface area contributed by atoms with Gasteiger partial charge in [-0.15, -0.1) is 0 Å². The number of nitrogens with two attached hydrogens (primary N) is 1. The van der Waals surface area contributed by atoms with Gasteiger partial charge in [0.2, 0.25) is 0 Å². The Morgan fingerprint density at radius 3 is 2.78 bits per heavy atom. The Morgan fingerprint density at radius 2 is 2.00 bits per heavy atom. The van der Waals surface area contributed by atoms with Gasteiger partial charge < -0.3 is 15.6 Å². The van der Waals surface area contributed by atoms with Gasteiger partial charge in [0.05, 0.1) is 5.52 Å². The van der Waals surface area contributed by atoms with Crippen LogP contribution >= 0.6 is 12.2 Å². The molecule has 5 rings (SSSR count). The van der Waals surface area contributed by atoms with E-state index in [0.29, 0.717) is 17.2 Å². The van der Waals surface area contributed by atoms with Crippen molar-refractivity contribution >= 4 is 34.8 Å². The highest BCUT2D eigenvalue weighted by atomic mass is 32.1. The SMILES string of the molecule is Cn1c(=O)[nH]c2cc(CN3CCN4c5ccc(C(N)=O)c(=O)n5CCC4C3)ccc2c1=S. The molecule has 1 atom stereocenters. The smallest absolute Gasteiger partial charge is 0.326 e. The third-order valence-corrected chi connectivity index (χ3v) is 7.03. The van der Waals surface area contributed by atoms with E-state index in [1.54, 1.807) is 11.6 Å². The van der Waals surface area contributed by atoms with Crippen molar-refractivity contribution in [3.8, 4) is 0 Å². The zero-order valence-electron chi connectivity index (χ0n) is 17.7. The van der Waals surface area contributed by atoms with Gasteiger partial charge in [-0.25, -0.2) is 4.79 Å². The molecule has 0 saturated carbocycles. The highest BCUT2D eigenvalue weighted by Gasteiger charge is 2.32. The molecule has 0 spiro atoms. The summed E-state index contributed by atoms with van der Waals surface area (Å²) in [6, 6.07) is 9.69. The number of nitrogens with one attached hydrogen (secondary N) is 1. The van der Waals surface area contributed by atoms with Gasteiger partial charge in [0, 0.05) is 51.2 Å². The molecule has 9 nitrogen and oxygen atoms in total. The zero-order chi connectivity index (χ0) is 22.6. The number of aromatic nitrogens is 3. The maximum Gasteiger partial charge on any atom is 0.326 e. The fourth-order valence-corrected chi connectivity index (χ4v) is 5.08. The molecule has 0 aliphatic carbocycles. The molecule has 1 amide bonds. The Hall–Kier alpha value is -3.24. The Morgan fingerprint density at radius 1 is 1.19 bits per heavy atom. The summed E-state index contributed by atoms with van der Waals surface area (Å²) in [6.45, 7) is 3.84. The molecule has 0 radical (unpaired) electrons. The van der Waals surface area contributed by atoms with Gasteiger partial charge in [0.25, 0.3) is 11.5 Å². The van der Waals surface area contributed by atoms with Crippen molar-refractivity contribution in [1.29, 1.82) is 0 Å². The molecule has 1 saturated heterocycles. The fourth-order valence-electron chi connectivity index (χ4n) is 4.82. The summed E-state index contributed by atoms with van der Waals surface area (Å²) in [5, 5.41) is 0.861. The van der Waals surface area contributed by atoms with Crippen LogP contribution < -0.4 is 21.9 Å². The van der Waals surface area contributed by atoms with E-state index in [4.69, 9.17) is 18.0 Å². The van der Waals surface area contributed by atoms with E-state index in [2.05, 4.69) is 20.9 Å². The van der Waals surface area contributed by atoms with Gasteiger partial charge in [0.1, 0.15) is 16.0 Å². The molecule has 1 unspecified atom stereocenters. The Bertz CT molecular complexity index is 1420. The summed E-state index contributed by atoms with van der Waals surface area (Å²) < 4.78 is 3.63. The number of rotatable bonds is 3. The van der Waals surface area contributed by atoms with Crippen molar-refractivity contribution in [3.05, 3.63) is 66.9 Å². The number of primary amides is 1. The number of hydrogen-bond acceptors (Lipinski definition) is 6. The molecule has 32 heavy (non-hydrogen) atoms. The Kier molecular flexibility index (Phi) is 4.98. The number of benzene rings is 1. The van der Waals surface area contributed by atoms with Crippen LogP contribution in [0.3, 0.4) is 0 Å². The summed E-state index contributed by atoms with van der Waals surface area (Å²) in [6.07, 6.45) is 0.826. The van der Waals surface area contributed by atoms with Crippen LogP contribution in [0.4, 0.5) is 5.82 Å². The summed E-state index contributed by atoms with van der Waals surface area (Å²) in [5.41, 5.74) is 6.71. The van der Waals surface area contributed by atoms with Crippen LogP contribution in [0.25, 0.3) is 10.9 Å². The second kappa shape index (κ2) is 7.72. The molecule has 2 aliphatic heterocycles. The lowest BCUT2D eigenvalue weighted by Gasteiger charge is -2.46. The Balaban J connectivity index is 1.36. The predicted octanol–water partition coefficient (Wildman–Crippen LogP) is 0.951. The van der Waals surface area contributed by atoms with E-state index >= 15 is 0 Å². The van der Waals surface area contributed by atoms with E-state index in [9.17, 15) is 14.4 Å². The second-order valence-electron chi connectivity index (χ2n) is 8.47. The molecule has 0 bridgehead atoms. The number of fused-ring (bicyclic) bond motifs is 4. The summed E-state index contributed by atoms with van der Waals surface area (Å²) in [4.78, 5) is 43.7. The van der Waals surface area contributed by atoms with Crippen LogP contribution in [0.2, 0.25) is 0 Å². The lowest BCUT2D eigenvalue weighted by molar-refractivity contribution is 0.0998. The third kappa shape index (κ3) is 3.35. The van der Waals surface area contributed by atoms with Crippen molar-refractivity contribution in [3.63, 3.8) is 0 Å². The average Bonchev–Trinajstić information content (AvgIpc) is 2.77. The minimum Gasteiger partial charge on any atom is -0.365 e. The Labute approximate surface area is 188 Å². The molecule has 1 fully saturated rings. The van der Waals surface area contributed by atoms with Gasteiger partial charge in [-0.2, -0.15) is 0 Å². The molecular weight excluding hydrogens is 428 g/mol. The zero-order valence-corrected chi connectivity index (χ0v) is 18.5. The molecule has 3 N–H and O–H groups in total. The first kappa shape index (κ1) is 20.7. The molecule has 3 aromatic rings. The first-order chi connectivity index (χ1) is 15.3. The average molecular weight is 453 g/mol. The first-order valence-corrected chi connectivity index (χ1v) is 11.0. The number of carbonyl (C=O) groups is 1. The van der Waals surface area contributed by atoms with E-state index in [1.165, 1.54) is 10.6 Å². The number of aromatic amines is 1. The molecule has 1 aromatic carbocycles. The second-order valence-corrected chi connectivity index (χ2v) is 8.86. The monoisotopic (exact) mass is 452 g/mol. The number of anilines is 1. The van der Waals surface area contributed by atoms with Crippen LogP contribution in [-0.4, -0.2) is 50.6 Å².